The van der Waals surface area contributed by atoms with E-state index in [1.165, 1.54) is 12.8 Å². The Balaban J connectivity index is 0.000000543. The second-order valence-corrected chi connectivity index (χ2v) is 8.97. The van der Waals surface area contributed by atoms with Gasteiger partial charge >= 0.3 is 5.97 Å². The first-order valence-electron chi connectivity index (χ1n) is 12.5. The zero-order chi connectivity index (χ0) is 25.5. The number of carboxylic acid groups (broad SMARTS) is 1. The van der Waals surface area contributed by atoms with Crippen LogP contribution in [0.2, 0.25) is 0 Å². The number of aromatic nitrogens is 1. The number of ether oxygens (including phenoxy) is 2. The number of fused-ring (bicyclic) bond motifs is 1. The number of hydrogen-bond donors (Lipinski definition) is 1. The normalized spacial score (nSPS) is 14.9. The molecule has 0 bridgehead atoms. The van der Waals surface area contributed by atoms with E-state index in [0.717, 1.165) is 58.4 Å². The lowest BCUT2D eigenvalue weighted by Gasteiger charge is -2.25. The highest BCUT2D eigenvalue weighted by Gasteiger charge is 2.22. The molecule has 0 amide bonds. The van der Waals surface area contributed by atoms with Gasteiger partial charge in [-0.05, 0) is 75.4 Å². The molecule has 0 spiro atoms. The fraction of sp³-hybridized carbons (Fsp3) is 0.379. The molecule has 0 unspecified atom stereocenters. The van der Waals surface area contributed by atoms with Crippen molar-refractivity contribution in [2.24, 2.45) is 0 Å². The van der Waals surface area contributed by atoms with Crippen LogP contribution in [0.4, 0.5) is 5.69 Å². The average Bonchev–Trinajstić information content (AvgIpc) is 3.52. The molecule has 190 valence electrons. The number of aliphatic carboxylic acids is 1. The minimum absolute atomic E-state index is 0.401. The highest BCUT2D eigenvalue weighted by molar-refractivity contribution is 5.94. The van der Waals surface area contributed by atoms with Crippen molar-refractivity contribution in [3.63, 3.8) is 0 Å². The minimum Gasteiger partial charge on any atom is -0.493 e. The van der Waals surface area contributed by atoms with Crippen molar-refractivity contribution in [3.05, 3.63) is 70.6 Å². The van der Waals surface area contributed by atoms with Crippen LogP contribution in [0.5, 0.6) is 5.75 Å². The lowest BCUT2D eigenvalue weighted by Crippen LogP contribution is -2.25. The highest BCUT2D eigenvalue weighted by Crippen LogP contribution is 2.36. The van der Waals surface area contributed by atoms with Gasteiger partial charge in [-0.2, -0.15) is 0 Å². The molecular formula is C29H34N2O5. The molecule has 1 aromatic heterocycles. The van der Waals surface area contributed by atoms with Gasteiger partial charge in [0.15, 0.2) is 0 Å². The Morgan fingerprint density at radius 2 is 1.92 bits per heavy atom. The summed E-state index contributed by atoms with van der Waals surface area (Å²) in [5.74, 6) is 0.718. The third-order valence-corrected chi connectivity index (χ3v) is 6.48. The average molecular weight is 491 g/mol. The summed E-state index contributed by atoms with van der Waals surface area (Å²) in [6, 6.07) is 14.1. The number of benzene rings is 2. The molecular weight excluding hydrogens is 456 g/mol. The van der Waals surface area contributed by atoms with Gasteiger partial charge in [0.25, 0.3) is 0 Å². The van der Waals surface area contributed by atoms with Crippen molar-refractivity contribution in [2.45, 2.75) is 46.6 Å². The summed E-state index contributed by atoms with van der Waals surface area (Å²) in [7, 11) is 0. The first-order chi connectivity index (χ1) is 17.5. The predicted molar refractivity (Wildman–Crippen MR) is 140 cm³/mol. The zero-order valence-corrected chi connectivity index (χ0v) is 21.3. The van der Waals surface area contributed by atoms with Crippen LogP contribution in [0, 0.1) is 13.8 Å². The molecule has 3 aromatic rings. The van der Waals surface area contributed by atoms with Crippen molar-refractivity contribution in [3.8, 4) is 16.9 Å². The fourth-order valence-corrected chi connectivity index (χ4v) is 4.51. The summed E-state index contributed by atoms with van der Waals surface area (Å²) in [5, 5.41) is 13.8. The van der Waals surface area contributed by atoms with E-state index in [-0.39, 0.29) is 0 Å². The molecule has 0 saturated carbocycles. The molecule has 0 atom stereocenters. The van der Waals surface area contributed by atoms with Crippen molar-refractivity contribution in [2.75, 3.05) is 31.3 Å². The fourth-order valence-electron chi connectivity index (χ4n) is 4.51. The van der Waals surface area contributed by atoms with Crippen LogP contribution in [0.25, 0.3) is 17.2 Å². The second kappa shape index (κ2) is 11.9. The predicted octanol–water partition coefficient (Wildman–Crippen LogP) is 6.03. The van der Waals surface area contributed by atoms with Gasteiger partial charge in [-0.15, -0.1) is 0 Å². The van der Waals surface area contributed by atoms with E-state index in [1.807, 2.05) is 51.1 Å². The molecule has 5 rings (SSSR count). The molecule has 3 heterocycles. The molecule has 7 nitrogen and oxygen atoms in total. The van der Waals surface area contributed by atoms with E-state index in [1.54, 1.807) is 6.08 Å². The first-order valence-corrected chi connectivity index (χ1v) is 12.5. The summed E-state index contributed by atoms with van der Waals surface area (Å²) in [6.45, 7) is 9.59. The molecule has 36 heavy (non-hydrogen) atoms. The number of nitrogens with zero attached hydrogens (tertiary/aromatic N) is 2. The van der Waals surface area contributed by atoms with Gasteiger partial charge in [0.1, 0.15) is 11.5 Å². The Labute approximate surface area is 212 Å². The number of hydrogen-bond acceptors (Lipinski definition) is 6. The van der Waals surface area contributed by atoms with E-state index in [0.29, 0.717) is 31.7 Å². The SMILES string of the molecule is C1CCOC1.CCOc1ccccc1-c1ccc2c(c1)C=C(C(=O)O)CCN2Cc1c(C)noc1C. The van der Waals surface area contributed by atoms with Crippen LogP contribution in [-0.2, 0) is 16.1 Å². The topological polar surface area (TPSA) is 85.0 Å². The third kappa shape index (κ3) is 5.97. The van der Waals surface area contributed by atoms with Gasteiger partial charge in [0.05, 0.1) is 12.3 Å². The molecule has 2 aliphatic heterocycles. The summed E-state index contributed by atoms with van der Waals surface area (Å²) in [6.07, 6.45) is 4.80. The van der Waals surface area contributed by atoms with Crippen molar-refractivity contribution < 1.29 is 23.9 Å². The molecule has 2 aliphatic rings. The number of para-hydroxylation sites is 1. The third-order valence-electron chi connectivity index (χ3n) is 6.48. The monoisotopic (exact) mass is 490 g/mol. The molecule has 1 fully saturated rings. The Kier molecular flexibility index (Phi) is 8.44. The smallest absolute Gasteiger partial charge is 0.331 e. The van der Waals surface area contributed by atoms with Crippen LogP contribution in [0.1, 0.15) is 48.8 Å². The first kappa shape index (κ1) is 25.5. The van der Waals surface area contributed by atoms with Crippen LogP contribution in [0.15, 0.2) is 52.6 Å². The quantitative estimate of drug-likeness (QED) is 0.451. The van der Waals surface area contributed by atoms with Crippen molar-refractivity contribution >= 4 is 17.7 Å². The Bertz CT molecular complexity index is 1200. The maximum Gasteiger partial charge on any atom is 0.331 e. The lowest BCUT2D eigenvalue weighted by molar-refractivity contribution is -0.132. The maximum absolute atomic E-state index is 11.8. The van der Waals surface area contributed by atoms with E-state index >= 15 is 0 Å². The standard InChI is InChI=1S/C25H26N2O4.C4H8O/c1-4-30-24-8-6-5-7-21(24)18-9-10-23-20(13-18)14-19(25(28)29)11-12-27(23)15-22-16(2)26-31-17(22)3;1-2-4-5-3-1/h5-10,13-14H,4,11-12,15H2,1-3H3,(H,28,29);1-4H2. The van der Waals surface area contributed by atoms with Crippen LogP contribution in [0.3, 0.4) is 0 Å². The van der Waals surface area contributed by atoms with E-state index < -0.39 is 5.97 Å². The van der Waals surface area contributed by atoms with Gasteiger partial charge in [-0.25, -0.2) is 4.79 Å². The summed E-state index contributed by atoms with van der Waals surface area (Å²) >= 11 is 0. The van der Waals surface area contributed by atoms with Crippen molar-refractivity contribution in [1.82, 2.24) is 5.16 Å². The molecule has 1 N–H and O–H groups in total. The number of anilines is 1. The number of carbonyl (C=O) groups is 1. The van der Waals surface area contributed by atoms with Gasteiger partial charge in [-0.1, -0.05) is 29.4 Å². The van der Waals surface area contributed by atoms with Crippen molar-refractivity contribution in [1.29, 1.82) is 0 Å². The number of carboxylic acids is 1. The molecule has 7 heteroatoms. The second-order valence-electron chi connectivity index (χ2n) is 8.97. The molecule has 0 radical (unpaired) electrons. The Hall–Kier alpha value is -3.58. The lowest BCUT2D eigenvalue weighted by atomic mass is 9.99. The van der Waals surface area contributed by atoms with Crippen LogP contribution < -0.4 is 9.64 Å². The molecule has 2 aromatic carbocycles. The highest BCUT2D eigenvalue weighted by atomic mass is 16.5. The summed E-state index contributed by atoms with van der Waals surface area (Å²) < 4.78 is 16.1. The minimum atomic E-state index is -0.884. The largest absolute Gasteiger partial charge is 0.493 e. The van der Waals surface area contributed by atoms with Crippen LogP contribution >= 0.6 is 0 Å². The summed E-state index contributed by atoms with van der Waals surface area (Å²) in [4.78, 5) is 14.0. The van der Waals surface area contributed by atoms with Gasteiger partial charge in [-0.3, -0.25) is 0 Å². The van der Waals surface area contributed by atoms with Gasteiger partial charge in [0.2, 0.25) is 0 Å². The zero-order valence-electron chi connectivity index (χ0n) is 21.3. The Morgan fingerprint density at radius 3 is 2.56 bits per heavy atom. The van der Waals surface area contributed by atoms with Gasteiger partial charge < -0.3 is 24.0 Å². The van der Waals surface area contributed by atoms with E-state index in [9.17, 15) is 9.90 Å². The maximum atomic E-state index is 11.8. The molecule has 1 saturated heterocycles. The molecule has 0 aliphatic carbocycles. The Morgan fingerprint density at radius 1 is 1.14 bits per heavy atom. The van der Waals surface area contributed by atoms with Gasteiger partial charge in [0, 0.05) is 48.7 Å². The van der Waals surface area contributed by atoms with Crippen LogP contribution in [-0.4, -0.2) is 42.6 Å². The van der Waals surface area contributed by atoms with E-state index in [2.05, 4.69) is 22.2 Å². The van der Waals surface area contributed by atoms with E-state index in [4.69, 9.17) is 14.0 Å². The summed E-state index contributed by atoms with van der Waals surface area (Å²) in [5.41, 5.74) is 6.14. The number of aryl methyl sites for hydroxylation is 2. The number of rotatable bonds is 6.